The predicted molar refractivity (Wildman–Crippen MR) is 77.8 cm³/mol. The minimum Gasteiger partial charge on any atom is -0.397 e. The first-order chi connectivity index (χ1) is 8.74. The van der Waals surface area contributed by atoms with Crippen LogP contribution in [-0.4, -0.2) is 42.1 Å². The van der Waals surface area contributed by atoms with Gasteiger partial charge in [-0.05, 0) is 54.3 Å². The van der Waals surface area contributed by atoms with E-state index in [0.717, 1.165) is 23.4 Å². The molecule has 2 aliphatic rings. The van der Waals surface area contributed by atoms with E-state index in [1.807, 2.05) is 6.07 Å². The second-order valence-electron chi connectivity index (χ2n) is 5.21. The van der Waals surface area contributed by atoms with Crippen molar-refractivity contribution in [1.29, 1.82) is 0 Å². The Morgan fingerprint density at radius 1 is 1.28 bits per heavy atom. The lowest BCUT2D eigenvalue weighted by molar-refractivity contribution is 0.260. The van der Waals surface area contributed by atoms with Gasteiger partial charge < -0.3 is 10.6 Å². The van der Waals surface area contributed by atoms with E-state index in [9.17, 15) is 0 Å². The van der Waals surface area contributed by atoms with Gasteiger partial charge in [0, 0.05) is 19.1 Å². The number of hydrogen-bond donors (Lipinski definition) is 1. The number of nitrogen functional groups attached to an aromatic ring is 1. The van der Waals surface area contributed by atoms with Crippen LogP contribution in [0.4, 0.5) is 11.5 Å². The summed E-state index contributed by atoms with van der Waals surface area (Å²) in [5, 5.41) is 0. The number of nitrogens with two attached hydrogens (primary N) is 1. The highest BCUT2D eigenvalue weighted by Crippen LogP contribution is 2.30. The number of pyridine rings is 1. The molecule has 1 atom stereocenters. The molecule has 2 N–H and O–H groups in total. The molecule has 3 heterocycles. The number of anilines is 2. The van der Waals surface area contributed by atoms with Crippen LogP contribution in [0.2, 0.25) is 0 Å². The summed E-state index contributed by atoms with van der Waals surface area (Å²) in [6.45, 7) is 4.73. The molecular formula is C13H19BrN4. The summed E-state index contributed by atoms with van der Waals surface area (Å²) in [7, 11) is 0. The lowest BCUT2D eigenvalue weighted by Gasteiger charge is -2.24. The topological polar surface area (TPSA) is 45.4 Å². The minimum absolute atomic E-state index is 0.707. The summed E-state index contributed by atoms with van der Waals surface area (Å²) in [6, 6.07) is 2.64. The second kappa shape index (κ2) is 5.05. The van der Waals surface area contributed by atoms with E-state index >= 15 is 0 Å². The van der Waals surface area contributed by atoms with Crippen LogP contribution in [0.3, 0.4) is 0 Å². The van der Waals surface area contributed by atoms with Gasteiger partial charge in [0.05, 0.1) is 16.4 Å². The molecule has 0 spiro atoms. The van der Waals surface area contributed by atoms with E-state index in [-0.39, 0.29) is 0 Å². The first kappa shape index (κ1) is 12.2. The molecule has 2 fully saturated rings. The largest absolute Gasteiger partial charge is 0.397 e. The van der Waals surface area contributed by atoms with Gasteiger partial charge in [0.2, 0.25) is 0 Å². The maximum absolute atomic E-state index is 5.73. The summed E-state index contributed by atoms with van der Waals surface area (Å²) in [6.07, 6.45) is 5.71. The molecule has 18 heavy (non-hydrogen) atoms. The van der Waals surface area contributed by atoms with Gasteiger partial charge in [0.15, 0.2) is 0 Å². The van der Waals surface area contributed by atoms with Gasteiger partial charge in [-0.3, -0.25) is 4.90 Å². The molecule has 98 valence electrons. The zero-order chi connectivity index (χ0) is 12.5. The molecule has 2 saturated heterocycles. The fourth-order valence-corrected chi connectivity index (χ4v) is 3.63. The summed E-state index contributed by atoms with van der Waals surface area (Å²) < 4.78 is 1.00. The molecule has 0 saturated carbocycles. The molecule has 0 amide bonds. The van der Waals surface area contributed by atoms with Gasteiger partial charge >= 0.3 is 0 Å². The molecule has 2 aliphatic heterocycles. The van der Waals surface area contributed by atoms with Crippen LogP contribution in [-0.2, 0) is 0 Å². The Kier molecular flexibility index (Phi) is 3.43. The Balaban J connectivity index is 1.71. The van der Waals surface area contributed by atoms with Crippen LogP contribution in [0.5, 0.6) is 0 Å². The highest BCUT2D eigenvalue weighted by molar-refractivity contribution is 9.10. The molecule has 1 aromatic heterocycles. The van der Waals surface area contributed by atoms with Crippen molar-refractivity contribution in [3.63, 3.8) is 0 Å². The fraction of sp³-hybridized carbons (Fsp3) is 0.615. The standard InChI is InChI=1S/C13H19BrN4/c14-12-7-10(15)8-16-13(12)18-6-3-11(9-18)17-4-1-2-5-17/h7-8,11H,1-6,9,15H2. The molecular weight excluding hydrogens is 292 g/mol. The molecule has 3 rings (SSSR count). The highest BCUT2D eigenvalue weighted by Gasteiger charge is 2.30. The third-order valence-corrected chi connectivity index (χ3v) is 4.55. The second-order valence-corrected chi connectivity index (χ2v) is 6.06. The Labute approximate surface area is 116 Å². The Bertz CT molecular complexity index is 431. The highest BCUT2D eigenvalue weighted by atomic mass is 79.9. The lowest BCUT2D eigenvalue weighted by Crippen LogP contribution is -2.35. The number of rotatable bonds is 2. The van der Waals surface area contributed by atoms with Crippen LogP contribution in [0.25, 0.3) is 0 Å². The number of nitrogens with zero attached hydrogens (tertiary/aromatic N) is 3. The van der Waals surface area contributed by atoms with Crippen LogP contribution >= 0.6 is 15.9 Å². The van der Waals surface area contributed by atoms with E-state index in [2.05, 4.69) is 30.7 Å². The zero-order valence-electron chi connectivity index (χ0n) is 10.5. The molecule has 0 radical (unpaired) electrons. The van der Waals surface area contributed by atoms with Crippen LogP contribution in [0, 0.1) is 0 Å². The average Bonchev–Trinajstić information content (AvgIpc) is 2.99. The summed E-state index contributed by atoms with van der Waals surface area (Å²) in [5.41, 5.74) is 6.44. The lowest BCUT2D eigenvalue weighted by atomic mass is 10.2. The molecule has 0 aliphatic carbocycles. The van der Waals surface area contributed by atoms with E-state index in [0.29, 0.717) is 11.7 Å². The van der Waals surface area contributed by atoms with E-state index in [1.165, 1.54) is 32.4 Å². The van der Waals surface area contributed by atoms with E-state index in [4.69, 9.17) is 5.73 Å². The molecule has 0 aromatic carbocycles. The zero-order valence-corrected chi connectivity index (χ0v) is 12.1. The third-order valence-electron chi connectivity index (χ3n) is 3.96. The van der Waals surface area contributed by atoms with Gasteiger partial charge in [-0.1, -0.05) is 0 Å². The number of aromatic nitrogens is 1. The van der Waals surface area contributed by atoms with Crippen molar-refractivity contribution in [1.82, 2.24) is 9.88 Å². The maximum atomic E-state index is 5.73. The fourth-order valence-electron chi connectivity index (χ4n) is 3.02. The van der Waals surface area contributed by atoms with Gasteiger partial charge in [-0.2, -0.15) is 0 Å². The predicted octanol–water partition coefficient (Wildman–Crippen LogP) is 2.10. The van der Waals surface area contributed by atoms with Crippen molar-refractivity contribution in [2.24, 2.45) is 0 Å². The van der Waals surface area contributed by atoms with Gasteiger partial charge in [-0.25, -0.2) is 4.98 Å². The quantitative estimate of drug-likeness (QED) is 0.908. The van der Waals surface area contributed by atoms with Crippen LogP contribution < -0.4 is 10.6 Å². The average molecular weight is 311 g/mol. The monoisotopic (exact) mass is 310 g/mol. The van der Waals surface area contributed by atoms with Crippen molar-refractivity contribution in [2.45, 2.75) is 25.3 Å². The first-order valence-electron chi connectivity index (χ1n) is 6.64. The van der Waals surface area contributed by atoms with Crippen molar-refractivity contribution in [2.75, 3.05) is 36.8 Å². The SMILES string of the molecule is Nc1cnc(N2CCC(N3CCCC3)C2)c(Br)c1. The Hall–Kier alpha value is -0.810. The van der Waals surface area contributed by atoms with Gasteiger partial charge in [-0.15, -0.1) is 0 Å². The van der Waals surface area contributed by atoms with Crippen LogP contribution in [0.15, 0.2) is 16.7 Å². The van der Waals surface area contributed by atoms with Gasteiger partial charge in [0.1, 0.15) is 5.82 Å². The van der Waals surface area contributed by atoms with Crippen LogP contribution in [0.1, 0.15) is 19.3 Å². The normalized spacial score (nSPS) is 24.9. The molecule has 5 heteroatoms. The minimum atomic E-state index is 0.707. The van der Waals surface area contributed by atoms with Crippen molar-refractivity contribution in [3.05, 3.63) is 16.7 Å². The van der Waals surface area contributed by atoms with Crippen molar-refractivity contribution in [3.8, 4) is 0 Å². The Morgan fingerprint density at radius 3 is 2.78 bits per heavy atom. The number of likely N-dealkylation sites (tertiary alicyclic amines) is 1. The van der Waals surface area contributed by atoms with E-state index in [1.54, 1.807) is 6.20 Å². The number of halogens is 1. The molecule has 1 aromatic rings. The van der Waals surface area contributed by atoms with Gasteiger partial charge in [0.25, 0.3) is 0 Å². The smallest absolute Gasteiger partial charge is 0.143 e. The maximum Gasteiger partial charge on any atom is 0.143 e. The van der Waals surface area contributed by atoms with Crippen molar-refractivity contribution >= 4 is 27.4 Å². The third kappa shape index (κ3) is 2.34. The molecule has 0 bridgehead atoms. The summed E-state index contributed by atoms with van der Waals surface area (Å²) in [5.74, 6) is 1.03. The first-order valence-corrected chi connectivity index (χ1v) is 7.43. The molecule has 4 nitrogen and oxygen atoms in total. The van der Waals surface area contributed by atoms with Crippen molar-refractivity contribution < 1.29 is 0 Å². The molecule has 1 unspecified atom stereocenters. The number of hydrogen-bond acceptors (Lipinski definition) is 4. The van der Waals surface area contributed by atoms with E-state index < -0.39 is 0 Å². The summed E-state index contributed by atoms with van der Waals surface area (Å²) in [4.78, 5) is 9.45. The Morgan fingerprint density at radius 2 is 2.06 bits per heavy atom. The summed E-state index contributed by atoms with van der Waals surface area (Å²) >= 11 is 3.56.